The molecule has 0 bridgehead atoms. The number of alkyl carbamates (subject to hydrolysis) is 1. The summed E-state index contributed by atoms with van der Waals surface area (Å²) in [5.41, 5.74) is 1.66. The fourth-order valence-corrected chi connectivity index (χ4v) is 2.54. The van der Waals surface area contributed by atoms with Gasteiger partial charge in [0.15, 0.2) is 0 Å². The number of aromatic carboxylic acids is 1. The van der Waals surface area contributed by atoms with E-state index in [2.05, 4.69) is 10.1 Å². The largest absolute Gasteiger partial charge is 0.478 e. The number of ether oxygens (including phenoxy) is 1. The number of carbonyl (C=O) groups is 2. The molecular formula is C18H19NO4. The molecule has 2 N–H and O–H groups in total. The molecule has 0 radical (unpaired) electrons. The van der Waals surface area contributed by atoms with Crippen LogP contribution in [0.25, 0.3) is 11.1 Å². The van der Waals surface area contributed by atoms with Crippen molar-refractivity contribution in [3.8, 4) is 11.1 Å². The predicted molar refractivity (Wildman–Crippen MR) is 87.4 cm³/mol. The molecule has 0 atom stereocenters. The fraction of sp³-hybridized carbons (Fsp3) is 0.222. The van der Waals surface area contributed by atoms with Crippen molar-refractivity contribution in [2.45, 2.75) is 19.4 Å². The van der Waals surface area contributed by atoms with Gasteiger partial charge in [0.1, 0.15) is 0 Å². The van der Waals surface area contributed by atoms with Crippen molar-refractivity contribution in [1.29, 1.82) is 0 Å². The van der Waals surface area contributed by atoms with Crippen molar-refractivity contribution in [3.63, 3.8) is 0 Å². The number of carboxylic acid groups (broad SMARTS) is 1. The Hall–Kier alpha value is -2.82. The molecule has 0 aliphatic rings. The van der Waals surface area contributed by atoms with E-state index in [9.17, 15) is 14.7 Å². The highest BCUT2D eigenvalue weighted by atomic mass is 16.5. The first-order valence-electron chi connectivity index (χ1n) is 7.15. The first-order chi connectivity index (χ1) is 10.9. The van der Waals surface area contributed by atoms with Crippen LogP contribution in [0.1, 0.15) is 29.8 Å². The lowest BCUT2D eigenvalue weighted by molar-refractivity contribution is 0.0697. The van der Waals surface area contributed by atoms with E-state index in [-0.39, 0.29) is 5.56 Å². The Bertz CT molecular complexity index is 737. The van der Waals surface area contributed by atoms with Crippen LogP contribution in [-0.4, -0.2) is 24.3 Å². The molecule has 0 aromatic heterocycles. The van der Waals surface area contributed by atoms with Gasteiger partial charge in [0.05, 0.1) is 18.2 Å². The Balaban J connectivity index is 2.59. The average molecular weight is 313 g/mol. The second-order valence-electron chi connectivity index (χ2n) is 5.64. The minimum absolute atomic E-state index is 0.216. The van der Waals surface area contributed by atoms with Crippen molar-refractivity contribution in [1.82, 2.24) is 5.32 Å². The van der Waals surface area contributed by atoms with Crippen molar-refractivity contribution in [2.24, 2.45) is 0 Å². The fourth-order valence-electron chi connectivity index (χ4n) is 2.54. The first-order valence-corrected chi connectivity index (χ1v) is 7.15. The third-order valence-corrected chi connectivity index (χ3v) is 3.65. The molecule has 0 aliphatic carbocycles. The minimum atomic E-state index is -0.992. The molecule has 0 aliphatic heterocycles. The number of methoxy groups -OCH3 is 1. The Morgan fingerprint density at radius 3 is 2.17 bits per heavy atom. The molecule has 5 nitrogen and oxygen atoms in total. The summed E-state index contributed by atoms with van der Waals surface area (Å²) in [5.74, 6) is -0.992. The van der Waals surface area contributed by atoms with Gasteiger partial charge in [-0.25, -0.2) is 9.59 Å². The maximum atomic E-state index is 11.6. The number of carbonyl (C=O) groups excluding carboxylic acids is 1. The highest BCUT2D eigenvalue weighted by Gasteiger charge is 2.27. The molecule has 0 spiro atoms. The molecule has 0 saturated heterocycles. The molecule has 0 fully saturated rings. The van der Waals surface area contributed by atoms with Gasteiger partial charge in [-0.15, -0.1) is 0 Å². The van der Waals surface area contributed by atoms with Gasteiger partial charge in [0.25, 0.3) is 0 Å². The maximum absolute atomic E-state index is 11.6. The highest BCUT2D eigenvalue weighted by molar-refractivity contribution is 5.96. The van der Waals surface area contributed by atoms with E-state index in [1.54, 1.807) is 24.3 Å². The van der Waals surface area contributed by atoms with E-state index >= 15 is 0 Å². The topological polar surface area (TPSA) is 75.6 Å². The SMILES string of the molecule is COC(=O)NC(C)(C)c1ccccc1-c1ccccc1C(=O)O. The summed E-state index contributed by atoms with van der Waals surface area (Å²) in [4.78, 5) is 23.1. The third kappa shape index (κ3) is 3.51. The Morgan fingerprint density at radius 1 is 1.00 bits per heavy atom. The zero-order valence-electron chi connectivity index (χ0n) is 13.3. The van der Waals surface area contributed by atoms with Gasteiger partial charge < -0.3 is 15.2 Å². The van der Waals surface area contributed by atoms with Crippen LogP contribution in [0.2, 0.25) is 0 Å². The normalized spacial score (nSPS) is 10.9. The summed E-state index contributed by atoms with van der Waals surface area (Å²) in [7, 11) is 1.30. The lowest BCUT2D eigenvalue weighted by Gasteiger charge is -2.28. The molecular weight excluding hydrogens is 294 g/mol. The average Bonchev–Trinajstić information content (AvgIpc) is 2.54. The van der Waals surface area contributed by atoms with Gasteiger partial charge in [0, 0.05) is 0 Å². The van der Waals surface area contributed by atoms with E-state index in [1.807, 2.05) is 38.1 Å². The monoisotopic (exact) mass is 313 g/mol. The molecule has 0 saturated carbocycles. The Labute approximate surface area is 134 Å². The lowest BCUT2D eigenvalue weighted by Crippen LogP contribution is -2.41. The number of nitrogens with one attached hydrogen (secondary N) is 1. The van der Waals surface area contributed by atoms with Gasteiger partial charge in [-0.2, -0.15) is 0 Å². The van der Waals surface area contributed by atoms with Crippen LogP contribution in [0.5, 0.6) is 0 Å². The predicted octanol–water partition coefficient (Wildman–Crippen LogP) is 3.64. The van der Waals surface area contributed by atoms with E-state index < -0.39 is 17.6 Å². The molecule has 120 valence electrons. The van der Waals surface area contributed by atoms with Crippen LogP contribution in [0, 0.1) is 0 Å². The summed E-state index contributed by atoms with van der Waals surface area (Å²) in [6.07, 6.45) is -0.545. The second kappa shape index (κ2) is 6.52. The molecule has 0 unspecified atom stereocenters. The smallest absolute Gasteiger partial charge is 0.407 e. The lowest BCUT2D eigenvalue weighted by atomic mass is 9.85. The van der Waals surface area contributed by atoms with E-state index in [1.165, 1.54) is 7.11 Å². The molecule has 23 heavy (non-hydrogen) atoms. The number of carboxylic acids is 1. The number of hydrogen-bond donors (Lipinski definition) is 2. The molecule has 2 aromatic rings. The molecule has 2 aromatic carbocycles. The van der Waals surface area contributed by atoms with Crippen LogP contribution >= 0.6 is 0 Å². The minimum Gasteiger partial charge on any atom is -0.478 e. The Kier molecular flexibility index (Phi) is 4.69. The zero-order valence-corrected chi connectivity index (χ0v) is 13.3. The van der Waals surface area contributed by atoms with Crippen molar-refractivity contribution in [2.75, 3.05) is 7.11 Å². The molecule has 2 rings (SSSR count). The standard InChI is InChI=1S/C18H19NO4/c1-18(2,19-17(22)23-3)15-11-7-6-9-13(15)12-8-4-5-10-14(12)16(20)21/h4-11H,1-3H3,(H,19,22)(H,20,21). The summed E-state index contributed by atoms with van der Waals surface area (Å²) in [6, 6.07) is 14.2. The van der Waals surface area contributed by atoms with Crippen LogP contribution in [0.15, 0.2) is 48.5 Å². The molecule has 0 heterocycles. The number of benzene rings is 2. The summed E-state index contributed by atoms with van der Waals surface area (Å²) < 4.78 is 4.67. The van der Waals surface area contributed by atoms with Gasteiger partial charge in [-0.05, 0) is 36.6 Å². The number of rotatable bonds is 4. The quantitative estimate of drug-likeness (QED) is 0.903. The number of amides is 1. The second-order valence-corrected chi connectivity index (χ2v) is 5.64. The van der Waals surface area contributed by atoms with E-state index in [0.717, 1.165) is 11.1 Å². The Morgan fingerprint density at radius 2 is 1.57 bits per heavy atom. The highest BCUT2D eigenvalue weighted by Crippen LogP contribution is 2.33. The summed E-state index contributed by atoms with van der Waals surface area (Å²) in [5, 5.41) is 12.2. The van der Waals surface area contributed by atoms with Gasteiger partial charge >= 0.3 is 12.1 Å². The maximum Gasteiger partial charge on any atom is 0.407 e. The van der Waals surface area contributed by atoms with Crippen LogP contribution in [0.4, 0.5) is 4.79 Å². The van der Waals surface area contributed by atoms with Crippen LogP contribution < -0.4 is 5.32 Å². The summed E-state index contributed by atoms with van der Waals surface area (Å²) >= 11 is 0. The first kappa shape index (κ1) is 16.5. The van der Waals surface area contributed by atoms with Crippen LogP contribution in [0.3, 0.4) is 0 Å². The van der Waals surface area contributed by atoms with Crippen molar-refractivity contribution >= 4 is 12.1 Å². The number of hydrogen-bond acceptors (Lipinski definition) is 3. The summed E-state index contributed by atoms with van der Waals surface area (Å²) in [6.45, 7) is 3.68. The third-order valence-electron chi connectivity index (χ3n) is 3.65. The van der Waals surface area contributed by atoms with Crippen LogP contribution in [-0.2, 0) is 10.3 Å². The molecule has 5 heteroatoms. The zero-order chi connectivity index (χ0) is 17.0. The van der Waals surface area contributed by atoms with Gasteiger partial charge in [-0.1, -0.05) is 42.5 Å². The van der Waals surface area contributed by atoms with E-state index in [0.29, 0.717) is 5.56 Å². The van der Waals surface area contributed by atoms with Crippen molar-refractivity contribution in [3.05, 3.63) is 59.7 Å². The van der Waals surface area contributed by atoms with Gasteiger partial charge in [-0.3, -0.25) is 0 Å². The van der Waals surface area contributed by atoms with Crippen molar-refractivity contribution < 1.29 is 19.4 Å². The van der Waals surface area contributed by atoms with E-state index in [4.69, 9.17) is 0 Å². The molecule has 1 amide bonds. The van der Waals surface area contributed by atoms with Gasteiger partial charge in [0.2, 0.25) is 0 Å².